The standard InChI is InChI=1S/C7H13.Al.2H/c1-7-5-3-2-4-6-7;;;/h7H,1-6H2;;;/q;+2;2*-1. The van der Waals surface area contributed by atoms with Crippen LogP contribution in [-0.4, -0.2) is 16.3 Å². The Labute approximate surface area is 63.1 Å². The monoisotopic (exact) mass is 126 g/mol. The molecule has 0 aromatic heterocycles. The Bertz CT molecular complexity index is 62.6. The molecule has 1 fully saturated rings. The third kappa shape index (κ3) is 1.80. The van der Waals surface area contributed by atoms with E-state index in [1.54, 1.807) is 0 Å². The second-order valence-corrected chi connectivity index (χ2v) is 3.21. The van der Waals surface area contributed by atoms with Gasteiger partial charge >= 0.3 is 59.6 Å². The Morgan fingerprint density at radius 1 is 1.25 bits per heavy atom. The summed E-state index contributed by atoms with van der Waals surface area (Å²) < 4.78 is 0. The van der Waals surface area contributed by atoms with Gasteiger partial charge in [-0.25, -0.2) is 0 Å². The smallest absolute Gasteiger partial charge is 1.00 e. The predicted octanol–water partition coefficient (Wildman–Crippen LogP) is 2.38. The molecule has 0 amide bonds. The molecule has 0 nitrogen and oxygen atoms in total. The van der Waals surface area contributed by atoms with Gasteiger partial charge in [0, 0.05) is 0 Å². The van der Waals surface area contributed by atoms with Gasteiger partial charge in [0.15, 0.2) is 0 Å². The molecule has 0 aromatic carbocycles. The van der Waals surface area contributed by atoms with Gasteiger partial charge < -0.3 is 2.85 Å². The summed E-state index contributed by atoms with van der Waals surface area (Å²) in [4.78, 5) is 0. The summed E-state index contributed by atoms with van der Waals surface area (Å²) in [5, 5.41) is 1.33. The molecule has 0 atom stereocenters. The first kappa shape index (κ1) is 6.65. The minimum Gasteiger partial charge on any atom is -1.00 e. The molecule has 8 heavy (non-hydrogen) atoms. The topological polar surface area (TPSA) is 0 Å². The molecule has 0 saturated heterocycles. The summed E-state index contributed by atoms with van der Waals surface area (Å²) in [7, 11) is 0. The molecule has 0 heterocycles. The minimum absolute atomic E-state index is 0. The zero-order valence-electron chi connectivity index (χ0n) is 7.40. The normalized spacial score (nSPS) is 23.8. The largest absolute Gasteiger partial charge is 1.00 e. The molecule has 46 valence electrons. The van der Waals surface area contributed by atoms with Gasteiger partial charge in [-0.15, -0.1) is 0 Å². The average molecular weight is 126 g/mol. The van der Waals surface area contributed by atoms with Crippen LogP contribution in [-0.2, 0) is 0 Å². The molecule has 0 spiro atoms. The first-order chi connectivity index (χ1) is 3.93. The predicted molar refractivity (Wildman–Crippen MR) is 39.4 cm³/mol. The van der Waals surface area contributed by atoms with Crippen molar-refractivity contribution in [3.63, 3.8) is 0 Å². The van der Waals surface area contributed by atoms with Gasteiger partial charge in [-0.05, 0) is 0 Å². The van der Waals surface area contributed by atoms with Crippen molar-refractivity contribution in [2.24, 2.45) is 5.92 Å². The number of hydrogen-bond acceptors (Lipinski definition) is 0. The number of hydrogen-bond donors (Lipinski definition) is 0. The van der Waals surface area contributed by atoms with Gasteiger partial charge in [0.05, 0.1) is 0 Å². The van der Waals surface area contributed by atoms with Crippen molar-refractivity contribution in [3.8, 4) is 0 Å². The molecule has 0 N–H and O–H groups in total. The van der Waals surface area contributed by atoms with Gasteiger partial charge in [-0.2, -0.15) is 0 Å². The van der Waals surface area contributed by atoms with Gasteiger partial charge in [0.2, 0.25) is 0 Å². The van der Waals surface area contributed by atoms with E-state index in [9.17, 15) is 0 Å². The fourth-order valence-electron chi connectivity index (χ4n) is 1.42. The molecule has 0 aromatic rings. The maximum atomic E-state index is 2.85. The fraction of sp³-hybridized carbons (Fsp3) is 1.00. The molecule has 1 rings (SSSR count). The Morgan fingerprint density at radius 3 is 2.25 bits per heavy atom. The van der Waals surface area contributed by atoms with Crippen LogP contribution in [0.1, 0.15) is 35.0 Å². The molecule has 1 aliphatic rings. The van der Waals surface area contributed by atoms with Crippen LogP contribution in [0.4, 0.5) is 0 Å². The van der Waals surface area contributed by atoms with Crippen LogP contribution in [0.15, 0.2) is 0 Å². The molecular formula is C7H15Al. The molecule has 1 aliphatic carbocycles. The van der Waals surface area contributed by atoms with Crippen LogP contribution in [0.25, 0.3) is 0 Å². The zero-order chi connectivity index (χ0) is 5.82. The quantitative estimate of drug-likeness (QED) is 0.473. The molecule has 0 aliphatic heterocycles. The van der Waals surface area contributed by atoms with Crippen molar-refractivity contribution in [2.45, 2.75) is 37.4 Å². The van der Waals surface area contributed by atoms with Crippen molar-refractivity contribution < 1.29 is 2.85 Å². The van der Waals surface area contributed by atoms with E-state index in [1.165, 1.54) is 37.4 Å². The van der Waals surface area contributed by atoms with Crippen molar-refractivity contribution in [1.29, 1.82) is 0 Å². The third-order valence-electron chi connectivity index (χ3n) is 2.06. The van der Waals surface area contributed by atoms with Gasteiger partial charge in [-0.1, -0.05) is 0 Å². The van der Waals surface area contributed by atoms with Crippen LogP contribution in [0.5, 0.6) is 0 Å². The van der Waals surface area contributed by atoms with E-state index in [1.807, 2.05) is 0 Å². The summed E-state index contributed by atoms with van der Waals surface area (Å²) in [6, 6.07) is 0. The Morgan fingerprint density at radius 2 is 1.88 bits per heavy atom. The van der Waals surface area contributed by atoms with E-state index in [0.29, 0.717) is 0 Å². The van der Waals surface area contributed by atoms with Crippen LogP contribution >= 0.6 is 0 Å². The maximum Gasteiger partial charge on any atom is -1.00 e. The molecule has 1 saturated carbocycles. The van der Waals surface area contributed by atoms with Crippen LogP contribution in [0, 0.1) is 5.92 Å². The summed E-state index contributed by atoms with van der Waals surface area (Å²) in [5.41, 5.74) is 0. The summed E-state index contributed by atoms with van der Waals surface area (Å²) in [6.07, 6.45) is 7.44. The molecule has 0 bridgehead atoms. The van der Waals surface area contributed by atoms with E-state index in [4.69, 9.17) is 0 Å². The van der Waals surface area contributed by atoms with Crippen LogP contribution in [0.2, 0.25) is 5.28 Å². The van der Waals surface area contributed by atoms with E-state index in [-0.39, 0.29) is 2.85 Å². The summed E-state index contributed by atoms with van der Waals surface area (Å²) >= 11 is 2.85. The second-order valence-electron chi connectivity index (χ2n) is 2.74. The molecular weight excluding hydrogens is 111 g/mol. The third-order valence-corrected chi connectivity index (χ3v) is 2.72. The van der Waals surface area contributed by atoms with E-state index < -0.39 is 0 Å². The SMILES string of the molecule is [Al+2][CH2]C1CCCCC1.[H-].[H-]. The zero-order valence-corrected chi connectivity index (χ0v) is 6.55. The average Bonchev–Trinajstić information content (AvgIpc) is 1.90. The van der Waals surface area contributed by atoms with E-state index >= 15 is 0 Å². The maximum absolute atomic E-state index is 2.85. The van der Waals surface area contributed by atoms with Gasteiger partial charge in [-0.3, -0.25) is 0 Å². The Hall–Kier alpha value is 0.532. The van der Waals surface area contributed by atoms with E-state index in [2.05, 4.69) is 16.3 Å². The minimum atomic E-state index is 0. The number of rotatable bonds is 1. The van der Waals surface area contributed by atoms with Crippen molar-refractivity contribution in [1.82, 2.24) is 0 Å². The molecule has 1 heteroatoms. The van der Waals surface area contributed by atoms with Crippen LogP contribution in [0.3, 0.4) is 0 Å². The van der Waals surface area contributed by atoms with Crippen LogP contribution < -0.4 is 0 Å². The first-order valence-electron chi connectivity index (χ1n) is 3.63. The molecule has 0 radical (unpaired) electrons. The van der Waals surface area contributed by atoms with Crippen molar-refractivity contribution in [2.75, 3.05) is 0 Å². The summed E-state index contributed by atoms with van der Waals surface area (Å²) in [5.74, 6) is 1.05. The Kier molecular flexibility index (Phi) is 2.94. The first-order valence-corrected chi connectivity index (χ1v) is 4.45. The second kappa shape index (κ2) is 3.54. The van der Waals surface area contributed by atoms with Gasteiger partial charge in [0.1, 0.15) is 0 Å². The molecule has 0 unspecified atom stereocenters. The fourth-order valence-corrected chi connectivity index (χ4v) is 1.89. The van der Waals surface area contributed by atoms with E-state index in [0.717, 1.165) is 5.92 Å². The van der Waals surface area contributed by atoms with Crippen molar-refractivity contribution in [3.05, 3.63) is 0 Å². The van der Waals surface area contributed by atoms with Crippen molar-refractivity contribution >= 4 is 16.3 Å². The Balaban J connectivity index is 0. The van der Waals surface area contributed by atoms with Gasteiger partial charge in [0.25, 0.3) is 0 Å². The summed E-state index contributed by atoms with van der Waals surface area (Å²) in [6.45, 7) is 0.